The maximum absolute atomic E-state index is 13.0. The van der Waals surface area contributed by atoms with Crippen LogP contribution in [0.5, 0.6) is 0 Å². The first-order valence-electron chi connectivity index (χ1n) is 9.88. The molecule has 1 aliphatic rings. The molecule has 3 rings (SSSR count). The molecule has 1 aliphatic heterocycles. The Labute approximate surface area is 180 Å². The molecule has 0 saturated carbocycles. The second-order valence-electron chi connectivity index (χ2n) is 7.52. The van der Waals surface area contributed by atoms with E-state index in [1.54, 1.807) is 36.1 Å². The number of aromatic nitrogens is 1. The van der Waals surface area contributed by atoms with Crippen LogP contribution in [0.1, 0.15) is 46.2 Å². The fourth-order valence-electron chi connectivity index (χ4n) is 3.55. The molecular formula is C21H25FN4O4S. The summed E-state index contributed by atoms with van der Waals surface area (Å²) in [5.41, 5.74) is 2.39. The van der Waals surface area contributed by atoms with Crippen LogP contribution in [0.4, 0.5) is 4.39 Å². The van der Waals surface area contributed by atoms with Crippen molar-refractivity contribution in [3.8, 4) is 0 Å². The molecule has 1 aromatic heterocycles. The van der Waals surface area contributed by atoms with Crippen molar-refractivity contribution in [2.24, 2.45) is 0 Å². The molecule has 0 radical (unpaired) electrons. The van der Waals surface area contributed by atoms with Crippen LogP contribution in [0, 0.1) is 12.7 Å². The van der Waals surface area contributed by atoms with Gasteiger partial charge in [0.05, 0.1) is 35.8 Å². The van der Waals surface area contributed by atoms with Gasteiger partial charge in [-0.25, -0.2) is 17.5 Å². The molecule has 0 aliphatic carbocycles. The summed E-state index contributed by atoms with van der Waals surface area (Å²) in [4.78, 5) is 31.2. The van der Waals surface area contributed by atoms with Gasteiger partial charge in [0.25, 0.3) is 5.91 Å². The number of amides is 2. The lowest BCUT2D eigenvalue weighted by Gasteiger charge is -2.25. The van der Waals surface area contributed by atoms with E-state index in [2.05, 4.69) is 15.0 Å². The standard InChI is InChI=1S/C21H25FN4O4S/c1-14-17(21(28)23-12-15-5-7-16(22)8-6-15)9-10-18(25-14)19-4-3-11-26(19)20(27)13-24-31(2,29)30/h5-10,19,24H,3-4,11-13H2,1-2H3,(H,23,28)/t19-/m1/s1. The molecule has 1 aromatic carbocycles. The number of nitrogens with zero attached hydrogens (tertiary/aromatic N) is 2. The largest absolute Gasteiger partial charge is 0.348 e. The van der Waals surface area contributed by atoms with E-state index in [1.807, 2.05) is 0 Å². The topological polar surface area (TPSA) is 108 Å². The molecule has 2 heterocycles. The minimum absolute atomic E-state index is 0.260. The van der Waals surface area contributed by atoms with Crippen LogP contribution in [0.15, 0.2) is 36.4 Å². The highest BCUT2D eigenvalue weighted by molar-refractivity contribution is 7.88. The maximum atomic E-state index is 13.0. The van der Waals surface area contributed by atoms with Gasteiger partial charge >= 0.3 is 0 Å². The minimum atomic E-state index is -3.46. The fraction of sp³-hybridized carbons (Fsp3) is 0.381. The van der Waals surface area contributed by atoms with Crippen molar-refractivity contribution in [1.82, 2.24) is 19.9 Å². The van der Waals surface area contributed by atoms with Crippen LogP contribution in [-0.4, -0.2) is 49.5 Å². The summed E-state index contributed by atoms with van der Waals surface area (Å²) >= 11 is 0. The van der Waals surface area contributed by atoms with Crippen LogP contribution < -0.4 is 10.0 Å². The molecule has 1 atom stereocenters. The zero-order chi connectivity index (χ0) is 22.6. The van der Waals surface area contributed by atoms with Crippen LogP contribution in [0.3, 0.4) is 0 Å². The molecule has 1 fully saturated rings. The highest BCUT2D eigenvalue weighted by Gasteiger charge is 2.31. The zero-order valence-corrected chi connectivity index (χ0v) is 18.2. The summed E-state index contributed by atoms with van der Waals surface area (Å²) < 4.78 is 37.7. The molecule has 2 aromatic rings. The Bertz CT molecular complexity index is 1070. The second kappa shape index (κ2) is 9.52. The Kier molecular flexibility index (Phi) is 7.01. The van der Waals surface area contributed by atoms with Crippen molar-refractivity contribution in [1.29, 1.82) is 0 Å². The van der Waals surface area contributed by atoms with Crippen molar-refractivity contribution in [3.05, 3.63) is 64.7 Å². The number of pyridine rings is 1. The number of sulfonamides is 1. The summed E-state index contributed by atoms with van der Waals surface area (Å²) in [5, 5.41) is 2.79. The predicted octanol–water partition coefficient (Wildman–Crippen LogP) is 1.67. The quantitative estimate of drug-likeness (QED) is 0.670. The van der Waals surface area contributed by atoms with Crippen LogP contribution >= 0.6 is 0 Å². The summed E-state index contributed by atoms with van der Waals surface area (Å²) in [6.07, 6.45) is 2.51. The molecule has 0 unspecified atom stereocenters. The molecule has 2 N–H and O–H groups in total. The highest BCUT2D eigenvalue weighted by atomic mass is 32.2. The Morgan fingerprint density at radius 1 is 1.19 bits per heavy atom. The van der Waals surface area contributed by atoms with E-state index >= 15 is 0 Å². The predicted molar refractivity (Wildman–Crippen MR) is 113 cm³/mol. The number of rotatable bonds is 7. The number of hydrogen-bond acceptors (Lipinski definition) is 5. The smallest absolute Gasteiger partial charge is 0.253 e. The molecule has 2 amide bonds. The van der Waals surface area contributed by atoms with Crippen molar-refractivity contribution in [2.75, 3.05) is 19.3 Å². The second-order valence-corrected chi connectivity index (χ2v) is 9.35. The van der Waals surface area contributed by atoms with Gasteiger partial charge in [-0.15, -0.1) is 0 Å². The number of hydrogen-bond donors (Lipinski definition) is 2. The van der Waals surface area contributed by atoms with Crippen molar-refractivity contribution in [2.45, 2.75) is 32.4 Å². The third kappa shape index (κ3) is 6.08. The number of aryl methyl sites for hydroxylation is 1. The Morgan fingerprint density at radius 3 is 2.55 bits per heavy atom. The lowest BCUT2D eigenvalue weighted by molar-refractivity contribution is -0.130. The first-order chi connectivity index (χ1) is 14.6. The van der Waals surface area contributed by atoms with Gasteiger partial charge in [0.1, 0.15) is 5.82 Å². The summed E-state index contributed by atoms with van der Waals surface area (Å²) in [5.74, 6) is -0.941. The van der Waals surface area contributed by atoms with Gasteiger partial charge in [-0.1, -0.05) is 12.1 Å². The first-order valence-corrected chi connectivity index (χ1v) is 11.8. The molecule has 31 heavy (non-hydrogen) atoms. The Morgan fingerprint density at radius 2 is 1.90 bits per heavy atom. The SMILES string of the molecule is Cc1nc([C@H]2CCCN2C(=O)CNS(C)(=O)=O)ccc1C(=O)NCc1ccc(F)cc1. The van der Waals surface area contributed by atoms with E-state index in [4.69, 9.17) is 0 Å². The monoisotopic (exact) mass is 448 g/mol. The molecule has 8 nitrogen and oxygen atoms in total. The molecule has 1 saturated heterocycles. The van der Waals surface area contributed by atoms with Gasteiger partial charge in [-0.3, -0.25) is 14.6 Å². The van der Waals surface area contributed by atoms with Crippen molar-refractivity contribution < 1.29 is 22.4 Å². The van der Waals surface area contributed by atoms with E-state index in [0.717, 1.165) is 18.2 Å². The molecular weight excluding hydrogens is 423 g/mol. The van der Waals surface area contributed by atoms with Gasteiger partial charge in [0.15, 0.2) is 0 Å². The van der Waals surface area contributed by atoms with E-state index in [1.165, 1.54) is 12.1 Å². The lowest BCUT2D eigenvalue weighted by Crippen LogP contribution is -2.39. The number of carbonyl (C=O) groups is 2. The van der Waals surface area contributed by atoms with Crippen molar-refractivity contribution in [3.63, 3.8) is 0 Å². The van der Waals surface area contributed by atoms with Crippen molar-refractivity contribution >= 4 is 21.8 Å². The van der Waals surface area contributed by atoms with E-state index in [-0.39, 0.29) is 36.8 Å². The summed E-state index contributed by atoms with van der Waals surface area (Å²) in [6.45, 7) is 2.22. The van der Waals surface area contributed by atoms with Gasteiger partial charge < -0.3 is 10.2 Å². The number of carbonyl (C=O) groups excluding carboxylic acids is 2. The lowest BCUT2D eigenvalue weighted by atomic mass is 10.1. The molecule has 0 spiro atoms. The highest BCUT2D eigenvalue weighted by Crippen LogP contribution is 2.31. The number of likely N-dealkylation sites (tertiary alicyclic amines) is 1. The van der Waals surface area contributed by atoms with Crippen LogP contribution in [0.2, 0.25) is 0 Å². The summed E-state index contributed by atoms with van der Waals surface area (Å²) in [6, 6.07) is 9.02. The van der Waals surface area contributed by atoms with Crippen LogP contribution in [-0.2, 0) is 21.4 Å². The average Bonchev–Trinajstić information content (AvgIpc) is 3.21. The number of nitrogens with one attached hydrogen (secondary N) is 2. The van der Waals surface area contributed by atoms with E-state index in [0.29, 0.717) is 29.9 Å². The van der Waals surface area contributed by atoms with Gasteiger partial charge in [0, 0.05) is 13.1 Å². The average molecular weight is 449 g/mol. The van der Waals surface area contributed by atoms with Gasteiger partial charge in [0.2, 0.25) is 15.9 Å². The third-order valence-electron chi connectivity index (χ3n) is 5.12. The normalized spacial score (nSPS) is 16.4. The molecule has 10 heteroatoms. The van der Waals surface area contributed by atoms with Crippen LogP contribution in [0.25, 0.3) is 0 Å². The maximum Gasteiger partial charge on any atom is 0.253 e. The first kappa shape index (κ1) is 22.8. The molecule has 166 valence electrons. The molecule has 0 bridgehead atoms. The Balaban J connectivity index is 1.66. The fourth-order valence-corrected chi connectivity index (χ4v) is 3.94. The summed E-state index contributed by atoms with van der Waals surface area (Å²) in [7, 11) is -3.46. The number of halogens is 1. The van der Waals surface area contributed by atoms with Gasteiger partial charge in [-0.05, 0) is 49.6 Å². The van der Waals surface area contributed by atoms with Gasteiger partial charge in [-0.2, -0.15) is 0 Å². The Hall–Kier alpha value is -2.85. The number of benzene rings is 1. The third-order valence-corrected chi connectivity index (χ3v) is 5.79. The van der Waals surface area contributed by atoms with E-state index < -0.39 is 10.0 Å². The minimum Gasteiger partial charge on any atom is -0.348 e. The zero-order valence-electron chi connectivity index (χ0n) is 17.4. The van der Waals surface area contributed by atoms with E-state index in [9.17, 15) is 22.4 Å².